The van der Waals surface area contributed by atoms with Crippen LogP contribution < -0.4 is 10.6 Å². The van der Waals surface area contributed by atoms with Gasteiger partial charge in [0.25, 0.3) is 0 Å². The predicted octanol–water partition coefficient (Wildman–Crippen LogP) is 2.17. The molecule has 0 saturated carbocycles. The number of para-hydroxylation sites is 1. The summed E-state index contributed by atoms with van der Waals surface area (Å²) in [6, 6.07) is 14.0. The first-order valence-corrected chi connectivity index (χ1v) is 11.6. The van der Waals surface area contributed by atoms with Crippen LogP contribution in [0.15, 0.2) is 60.8 Å². The van der Waals surface area contributed by atoms with Gasteiger partial charge in [0.1, 0.15) is 12.1 Å². The van der Waals surface area contributed by atoms with Gasteiger partial charge in [0.15, 0.2) is 0 Å². The van der Waals surface area contributed by atoms with Crippen LogP contribution in [0.2, 0.25) is 0 Å². The summed E-state index contributed by atoms with van der Waals surface area (Å²) < 4.78 is 0. The molecule has 9 nitrogen and oxygen atoms in total. The van der Waals surface area contributed by atoms with Crippen LogP contribution >= 0.6 is 12.6 Å². The number of nitrogens with one attached hydrogen (secondary N) is 3. The van der Waals surface area contributed by atoms with Gasteiger partial charge in [-0.3, -0.25) is 14.4 Å². The largest absolute Gasteiger partial charge is 0.481 e. The SMILES string of the molecule is O=C(O)CC(NC(=O)C(S)CCc1ccccc1)C(=O)NC(Cc1c[nH]c2ccccc12)C(=O)O. The Labute approximate surface area is 207 Å². The van der Waals surface area contributed by atoms with Crippen molar-refractivity contribution in [1.82, 2.24) is 15.6 Å². The number of hydrogen-bond acceptors (Lipinski definition) is 5. The summed E-state index contributed by atoms with van der Waals surface area (Å²) >= 11 is 4.30. The van der Waals surface area contributed by atoms with Crippen molar-refractivity contribution >= 4 is 47.3 Å². The molecule has 35 heavy (non-hydrogen) atoms. The molecular weight excluding hydrogens is 470 g/mol. The molecule has 2 amide bonds. The molecule has 0 spiro atoms. The first-order chi connectivity index (χ1) is 16.7. The number of aromatic nitrogens is 1. The molecule has 0 saturated heterocycles. The average molecular weight is 498 g/mol. The molecule has 184 valence electrons. The van der Waals surface area contributed by atoms with Gasteiger partial charge < -0.3 is 25.8 Å². The second-order valence-electron chi connectivity index (χ2n) is 8.16. The van der Waals surface area contributed by atoms with Gasteiger partial charge in [-0.15, -0.1) is 0 Å². The van der Waals surface area contributed by atoms with Crippen molar-refractivity contribution in [3.05, 3.63) is 71.9 Å². The number of fused-ring (bicyclic) bond motifs is 1. The predicted molar refractivity (Wildman–Crippen MR) is 133 cm³/mol. The number of carboxylic acids is 2. The maximum Gasteiger partial charge on any atom is 0.326 e. The molecule has 3 aromatic rings. The van der Waals surface area contributed by atoms with Crippen LogP contribution in [-0.2, 0) is 32.0 Å². The van der Waals surface area contributed by atoms with Crippen LogP contribution in [0.4, 0.5) is 0 Å². The maximum absolute atomic E-state index is 12.8. The van der Waals surface area contributed by atoms with Crippen LogP contribution in [0.25, 0.3) is 10.9 Å². The fourth-order valence-electron chi connectivity index (χ4n) is 3.72. The molecule has 2 aromatic carbocycles. The fourth-order valence-corrected chi connectivity index (χ4v) is 3.93. The van der Waals surface area contributed by atoms with Crippen molar-refractivity contribution in [1.29, 1.82) is 0 Å². The van der Waals surface area contributed by atoms with Crippen molar-refractivity contribution in [3.8, 4) is 0 Å². The lowest BCUT2D eigenvalue weighted by atomic mass is 10.0. The molecule has 1 heterocycles. The lowest BCUT2D eigenvalue weighted by Gasteiger charge is -2.22. The average Bonchev–Trinajstić information content (AvgIpc) is 3.24. The molecular formula is C25H27N3O6S. The Hall–Kier alpha value is -3.79. The smallest absolute Gasteiger partial charge is 0.326 e. The summed E-state index contributed by atoms with van der Waals surface area (Å²) in [5, 5.41) is 23.7. The lowest BCUT2D eigenvalue weighted by Crippen LogP contribution is -2.54. The van der Waals surface area contributed by atoms with E-state index in [9.17, 15) is 29.4 Å². The maximum atomic E-state index is 12.8. The van der Waals surface area contributed by atoms with Gasteiger partial charge in [0.05, 0.1) is 11.7 Å². The van der Waals surface area contributed by atoms with Crippen molar-refractivity contribution in [2.75, 3.05) is 0 Å². The van der Waals surface area contributed by atoms with Crippen molar-refractivity contribution in [2.24, 2.45) is 0 Å². The van der Waals surface area contributed by atoms with Gasteiger partial charge in [-0.05, 0) is 30.0 Å². The number of carbonyl (C=O) groups is 4. The molecule has 3 unspecified atom stereocenters. The first kappa shape index (κ1) is 25.8. The quantitative estimate of drug-likeness (QED) is 0.211. The Morgan fingerprint density at radius 3 is 2.23 bits per heavy atom. The third kappa shape index (κ3) is 7.35. The normalized spacial score (nSPS) is 13.5. The highest BCUT2D eigenvalue weighted by Crippen LogP contribution is 2.19. The number of hydrogen-bond donors (Lipinski definition) is 6. The van der Waals surface area contributed by atoms with E-state index < -0.39 is 47.5 Å². The number of thiol groups is 1. The molecule has 0 aliphatic carbocycles. The van der Waals surface area contributed by atoms with Gasteiger partial charge in [-0.25, -0.2) is 4.79 Å². The number of aryl methyl sites for hydroxylation is 1. The molecule has 0 bridgehead atoms. The minimum Gasteiger partial charge on any atom is -0.481 e. The van der Waals surface area contributed by atoms with E-state index in [2.05, 4.69) is 28.2 Å². The zero-order chi connectivity index (χ0) is 25.4. The highest BCUT2D eigenvalue weighted by atomic mass is 32.1. The minimum absolute atomic E-state index is 0.0227. The van der Waals surface area contributed by atoms with E-state index in [1.165, 1.54) is 0 Å². The molecule has 0 aliphatic heterocycles. The summed E-state index contributed by atoms with van der Waals surface area (Å²) in [4.78, 5) is 51.7. The van der Waals surface area contributed by atoms with E-state index in [0.29, 0.717) is 18.4 Å². The summed E-state index contributed by atoms with van der Waals surface area (Å²) in [5.74, 6) is -4.08. The second-order valence-corrected chi connectivity index (χ2v) is 8.79. The molecule has 0 radical (unpaired) electrons. The van der Waals surface area contributed by atoms with Crippen LogP contribution in [0, 0.1) is 0 Å². The van der Waals surface area contributed by atoms with Gasteiger partial charge in [0.2, 0.25) is 11.8 Å². The van der Waals surface area contributed by atoms with Gasteiger partial charge in [-0.2, -0.15) is 12.6 Å². The van der Waals surface area contributed by atoms with E-state index in [0.717, 1.165) is 16.5 Å². The number of aliphatic carboxylic acids is 2. The van der Waals surface area contributed by atoms with E-state index in [-0.39, 0.29) is 6.42 Å². The lowest BCUT2D eigenvalue weighted by molar-refractivity contribution is -0.143. The molecule has 5 N–H and O–H groups in total. The third-order valence-corrected chi connectivity index (χ3v) is 6.07. The number of aromatic amines is 1. The van der Waals surface area contributed by atoms with Crippen molar-refractivity contribution in [2.45, 2.75) is 43.0 Å². The number of H-pyrrole nitrogens is 1. The van der Waals surface area contributed by atoms with Crippen LogP contribution in [0.3, 0.4) is 0 Å². The van der Waals surface area contributed by atoms with E-state index >= 15 is 0 Å². The van der Waals surface area contributed by atoms with Crippen molar-refractivity contribution in [3.63, 3.8) is 0 Å². The summed E-state index contributed by atoms with van der Waals surface area (Å²) in [6.07, 6.45) is 1.89. The zero-order valence-corrected chi connectivity index (χ0v) is 19.7. The highest BCUT2D eigenvalue weighted by Gasteiger charge is 2.30. The Kier molecular flexibility index (Phi) is 8.91. The van der Waals surface area contributed by atoms with Crippen molar-refractivity contribution < 1.29 is 29.4 Å². The Morgan fingerprint density at radius 2 is 1.54 bits per heavy atom. The molecule has 0 fully saturated rings. The number of rotatable bonds is 12. The number of carboxylic acid groups (broad SMARTS) is 2. The summed E-state index contributed by atoms with van der Waals surface area (Å²) in [5.41, 5.74) is 2.52. The molecule has 3 rings (SSSR count). The highest BCUT2D eigenvalue weighted by molar-refractivity contribution is 7.81. The fraction of sp³-hybridized carbons (Fsp3) is 0.280. The van der Waals surface area contributed by atoms with Crippen LogP contribution in [0.5, 0.6) is 0 Å². The van der Waals surface area contributed by atoms with Crippen LogP contribution in [-0.4, -0.2) is 56.3 Å². The van der Waals surface area contributed by atoms with Gasteiger partial charge in [0, 0.05) is 23.5 Å². The van der Waals surface area contributed by atoms with E-state index in [1.807, 2.05) is 54.6 Å². The standard InChI is InChI=1S/C25H27N3O6S/c29-22(30)13-19(27-24(32)21(35)11-10-15-6-2-1-3-7-15)23(31)28-20(25(33)34)12-16-14-26-18-9-5-4-8-17(16)18/h1-9,14,19-21,26,35H,10-13H2,(H,27,32)(H,28,31)(H,29,30)(H,33,34). The van der Waals surface area contributed by atoms with Gasteiger partial charge in [-0.1, -0.05) is 48.5 Å². The third-order valence-electron chi connectivity index (χ3n) is 5.58. The number of benzene rings is 2. The Morgan fingerprint density at radius 1 is 0.886 bits per heavy atom. The summed E-state index contributed by atoms with van der Waals surface area (Å²) in [6.45, 7) is 0. The molecule has 1 aromatic heterocycles. The number of carbonyl (C=O) groups excluding carboxylic acids is 2. The number of amides is 2. The first-order valence-electron chi connectivity index (χ1n) is 11.1. The Balaban J connectivity index is 1.65. The summed E-state index contributed by atoms with van der Waals surface area (Å²) in [7, 11) is 0. The topological polar surface area (TPSA) is 149 Å². The van der Waals surface area contributed by atoms with E-state index in [1.54, 1.807) is 6.20 Å². The monoisotopic (exact) mass is 497 g/mol. The van der Waals surface area contributed by atoms with Crippen LogP contribution in [0.1, 0.15) is 24.0 Å². The molecule has 10 heteroatoms. The second kappa shape index (κ2) is 12.1. The zero-order valence-electron chi connectivity index (χ0n) is 18.8. The van der Waals surface area contributed by atoms with Gasteiger partial charge >= 0.3 is 11.9 Å². The molecule has 3 atom stereocenters. The van der Waals surface area contributed by atoms with E-state index in [4.69, 9.17) is 0 Å². The minimum atomic E-state index is -1.45. The molecule has 0 aliphatic rings. The Bertz CT molecular complexity index is 1200.